The maximum absolute atomic E-state index is 12.9. The van der Waals surface area contributed by atoms with Crippen molar-refractivity contribution in [3.05, 3.63) is 42.0 Å². The average Bonchev–Trinajstić information content (AvgIpc) is 2.61. The zero-order chi connectivity index (χ0) is 19.8. The highest BCUT2D eigenvalue weighted by Gasteiger charge is 2.24. The first-order valence-electron chi connectivity index (χ1n) is 8.55. The Bertz CT molecular complexity index is 988. The van der Waals surface area contributed by atoms with E-state index in [0.29, 0.717) is 17.9 Å². The van der Waals surface area contributed by atoms with Crippen molar-refractivity contribution in [2.24, 2.45) is 0 Å². The highest BCUT2D eigenvalue weighted by Crippen LogP contribution is 2.36. The standard InChI is InChI=1S/C19H23N3O3S2/c1-13-5-6-15(11-17(13)21(3)4)20-27(24,25)16-7-8-19-18(12-16)22(14(2)23)9-10-26-19/h5-8,11-12,20H,9-10H2,1-4H3. The van der Waals surface area contributed by atoms with Crippen molar-refractivity contribution >= 4 is 44.8 Å². The number of benzene rings is 2. The average molecular weight is 406 g/mol. The van der Waals surface area contributed by atoms with Gasteiger partial charge in [-0.15, -0.1) is 11.8 Å². The van der Waals surface area contributed by atoms with E-state index in [0.717, 1.165) is 21.9 Å². The van der Waals surface area contributed by atoms with E-state index in [-0.39, 0.29) is 10.8 Å². The molecule has 2 aromatic rings. The van der Waals surface area contributed by atoms with Gasteiger partial charge in [0.05, 0.1) is 16.3 Å². The fourth-order valence-electron chi connectivity index (χ4n) is 3.06. The monoisotopic (exact) mass is 405 g/mol. The number of aryl methyl sites for hydroxylation is 1. The van der Waals surface area contributed by atoms with Crippen LogP contribution in [0.3, 0.4) is 0 Å². The van der Waals surface area contributed by atoms with Gasteiger partial charge in [-0.25, -0.2) is 8.42 Å². The minimum absolute atomic E-state index is 0.0896. The number of thioether (sulfide) groups is 1. The first-order chi connectivity index (χ1) is 12.7. The summed E-state index contributed by atoms with van der Waals surface area (Å²) < 4.78 is 28.4. The van der Waals surface area contributed by atoms with Crippen LogP contribution in [0.2, 0.25) is 0 Å². The number of hydrogen-bond donors (Lipinski definition) is 1. The van der Waals surface area contributed by atoms with Crippen molar-refractivity contribution in [3.8, 4) is 0 Å². The van der Waals surface area contributed by atoms with Crippen LogP contribution in [-0.2, 0) is 14.8 Å². The van der Waals surface area contributed by atoms with Gasteiger partial charge in [0, 0.05) is 43.9 Å². The summed E-state index contributed by atoms with van der Waals surface area (Å²) >= 11 is 1.63. The van der Waals surface area contributed by atoms with Crippen LogP contribution in [0.4, 0.5) is 17.1 Å². The first-order valence-corrected chi connectivity index (χ1v) is 11.0. The van der Waals surface area contributed by atoms with Crippen LogP contribution < -0.4 is 14.5 Å². The van der Waals surface area contributed by atoms with Crippen molar-refractivity contribution in [2.45, 2.75) is 23.6 Å². The fourth-order valence-corrected chi connectivity index (χ4v) is 5.10. The molecular formula is C19H23N3O3S2. The molecule has 3 rings (SSSR count). The molecule has 1 N–H and O–H groups in total. The van der Waals surface area contributed by atoms with Gasteiger partial charge in [0.25, 0.3) is 10.0 Å². The lowest BCUT2D eigenvalue weighted by molar-refractivity contribution is -0.116. The van der Waals surface area contributed by atoms with E-state index in [9.17, 15) is 13.2 Å². The second-order valence-corrected chi connectivity index (χ2v) is 9.47. The zero-order valence-corrected chi connectivity index (χ0v) is 17.4. The highest BCUT2D eigenvalue weighted by atomic mass is 32.2. The number of sulfonamides is 1. The lowest BCUT2D eigenvalue weighted by Gasteiger charge is -2.28. The molecule has 0 spiro atoms. The maximum atomic E-state index is 12.9. The molecule has 6 nitrogen and oxygen atoms in total. The number of hydrogen-bond acceptors (Lipinski definition) is 5. The largest absolute Gasteiger partial charge is 0.377 e. The molecule has 0 fully saturated rings. The summed E-state index contributed by atoms with van der Waals surface area (Å²) in [5, 5.41) is 0. The lowest BCUT2D eigenvalue weighted by Crippen LogP contribution is -2.33. The van der Waals surface area contributed by atoms with Crippen LogP contribution in [0.5, 0.6) is 0 Å². The summed E-state index contributed by atoms with van der Waals surface area (Å²) in [6.45, 7) is 4.05. The molecule has 0 saturated heterocycles. The molecule has 8 heteroatoms. The molecule has 1 aliphatic heterocycles. The van der Waals surface area contributed by atoms with Crippen LogP contribution in [-0.4, -0.2) is 40.7 Å². The van der Waals surface area contributed by atoms with Crippen LogP contribution in [0.1, 0.15) is 12.5 Å². The predicted molar refractivity (Wildman–Crippen MR) is 112 cm³/mol. The van der Waals surface area contributed by atoms with Gasteiger partial charge in [-0.05, 0) is 42.8 Å². The third-order valence-corrected chi connectivity index (χ3v) is 6.85. The summed E-state index contributed by atoms with van der Waals surface area (Å²) in [5.41, 5.74) is 3.16. The molecule has 0 saturated carbocycles. The normalized spacial score (nSPS) is 13.9. The van der Waals surface area contributed by atoms with E-state index in [2.05, 4.69) is 4.72 Å². The van der Waals surface area contributed by atoms with E-state index >= 15 is 0 Å². The predicted octanol–water partition coefficient (Wildman–Crippen LogP) is 3.32. The Morgan fingerprint density at radius 1 is 1.19 bits per heavy atom. The number of carbonyl (C=O) groups excluding carboxylic acids is 1. The molecule has 0 radical (unpaired) electrons. The number of nitrogens with one attached hydrogen (secondary N) is 1. The first kappa shape index (κ1) is 19.6. The molecular weight excluding hydrogens is 382 g/mol. The Labute approximate surface area is 164 Å². The maximum Gasteiger partial charge on any atom is 0.261 e. The van der Waals surface area contributed by atoms with Gasteiger partial charge in [0.15, 0.2) is 0 Å². The number of amides is 1. The molecule has 1 amide bonds. The molecule has 1 heterocycles. The summed E-state index contributed by atoms with van der Waals surface area (Å²) in [4.78, 5) is 16.5. The van der Waals surface area contributed by atoms with Gasteiger partial charge >= 0.3 is 0 Å². The number of carbonyl (C=O) groups is 1. The van der Waals surface area contributed by atoms with Gasteiger partial charge in [-0.2, -0.15) is 0 Å². The quantitative estimate of drug-likeness (QED) is 0.845. The van der Waals surface area contributed by atoms with Crippen LogP contribution in [0.25, 0.3) is 0 Å². The van der Waals surface area contributed by atoms with E-state index < -0.39 is 10.0 Å². The second-order valence-electron chi connectivity index (χ2n) is 6.65. The molecule has 27 heavy (non-hydrogen) atoms. The van der Waals surface area contributed by atoms with Gasteiger partial charge in [-0.1, -0.05) is 6.07 Å². The highest BCUT2D eigenvalue weighted by molar-refractivity contribution is 7.99. The Kier molecular flexibility index (Phi) is 5.39. The summed E-state index contributed by atoms with van der Waals surface area (Å²) in [6, 6.07) is 10.4. The molecule has 0 bridgehead atoms. The number of rotatable bonds is 4. The van der Waals surface area contributed by atoms with Gasteiger partial charge < -0.3 is 9.80 Å². The third kappa shape index (κ3) is 4.06. The minimum atomic E-state index is -3.77. The molecule has 0 aliphatic carbocycles. The van der Waals surface area contributed by atoms with E-state index in [1.807, 2.05) is 38.1 Å². The number of anilines is 3. The second kappa shape index (κ2) is 7.44. The Morgan fingerprint density at radius 2 is 1.93 bits per heavy atom. The van der Waals surface area contributed by atoms with Gasteiger partial charge in [-0.3, -0.25) is 9.52 Å². The van der Waals surface area contributed by atoms with Crippen LogP contribution in [0.15, 0.2) is 46.2 Å². The van der Waals surface area contributed by atoms with E-state index in [4.69, 9.17) is 0 Å². The van der Waals surface area contributed by atoms with E-state index in [1.54, 1.807) is 40.9 Å². The van der Waals surface area contributed by atoms with Gasteiger partial charge in [0.2, 0.25) is 5.91 Å². The number of nitrogens with zero attached hydrogens (tertiary/aromatic N) is 2. The van der Waals surface area contributed by atoms with Gasteiger partial charge in [0.1, 0.15) is 0 Å². The van der Waals surface area contributed by atoms with Crippen molar-refractivity contribution in [2.75, 3.05) is 40.9 Å². The fraction of sp³-hybridized carbons (Fsp3) is 0.316. The Hall–Kier alpha value is -2.19. The minimum Gasteiger partial charge on any atom is -0.377 e. The van der Waals surface area contributed by atoms with E-state index in [1.165, 1.54) is 6.92 Å². The zero-order valence-electron chi connectivity index (χ0n) is 15.8. The molecule has 2 aromatic carbocycles. The van der Waals surface area contributed by atoms with Crippen molar-refractivity contribution in [1.29, 1.82) is 0 Å². The lowest BCUT2D eigenvalue weighted by atomic mass is 10.2. The smallest absolute Gasteiger partial charge is 0.261 e. The molecule has 144 valence electrons. The van der Waals surface area contributed by atoms with Crippen LogP contribution >= 0.6 is 11.8 Å². The van der Waals surface area contributed by atoms with Crippen molar-refractivity contribution in [3.63, 3.8) is 0 Å². The topological polar surface area (TPSA) is 69.7 Å². The van der Waals surface area contributed by atoms with Crippen molar-refractivity contribution in [1.82, 2.24) is 0 Å². The number of fused-ring (bicyclic) bond motifs is 1. The Balaban J connectivity index is 1.95. The summed E-state index contributed by atoms with van der Waals surface area (Å²) in [6.07, 6.45) is 0. The summed E-state index contributed by atoms with van der Waals surface area (Å²) in [7, 11) is 0.0626. The summed E-state index contributed by atoms with van der Waals surface area (Å²) in [5.74, 6) is 0.710. The molecule has 1 aliphatic rings. The Morgan fingerprint density at radius 3 is 2.59 bits per heavy atom. The third-order valence-electron chi connectivity index (χ3n) is 4.43. The van der Waals surface area contributed by atoms with Crippen LogP contribution in [0, 0.1) is 6.92 Å². The SMILES string of the molecule is CC(=O)N1CCSc2ccc(S(=O)(=O)Nc3ccc(C)c(N(C)C)c3)cc21. The van der Waals surface area contributed by atoms with Crippen molar-refractivity contribution < 1.29 is 13.2 Å². The molecule has 0 atom stereocenters. The molecule has 0 unspecified atom stereocenters. The molecule has 0 aromatic heterocycles.